The quantitative estimate of drug-likeness (QED) is 0.766. The highest BCUT2D eigenvalue weighted by molar-refractivity contribution is 7.80. The van der Waals surface area contributed by atoms with Crippen LogP contribution < -0.4 is 4.72 Å². The molecule has 1 saturated heterocycles. The molecule has 1 unspecified atom stereocenters. The fourth-order valence-electron chi connectivity index (χ4n) is 3.04. The molecular formula is C19H19FN3O4S-. The number of carbonyl (C=O) groups is 2. The third kappa shape index (κ3) is 4.93. The summed E-state index contributed by atoms with van der Waals surface area (Å²) >= 11 is -2.64. The SMILES string of the molecule is O=C(Cc1ccccc1)N1CCN(C(=O)c2ccc(NS(=O)[O-])c(F)c2)CC1. The van der Waals surface area contributed by atoms with Crippen molar-refractivity contribution < 1.29 is 22.7 Å². The highest BCUT2D eigenvalue weighted by Gasteiger charge is 2.25. The second-order valence-electron chi connectivity index (χ2n) is 6.37. The zero-order valence-corrected chi connectivity index (χ0v) is 15.8. The van der Waals surface area contributed by atoms with Gasteiger partial charge in [0.25, 0.3) is 5.91 Å². The Hall–Kier alpha value is -2.78. The van der Waals surface area contributed by atoms with E-state index in [1.54, 1.807) is 9.80 Å². The second-order valence-corrected chi connectivity index (χ2v) is 7.04. The topological polar surface area (TPSA) is 92.8 Å². The maximum absolute atomic E-state index is 14.0. The molecule has 1 aliphatic heterocycles. The van der Waals surface area contributed by atoms with E-state index in [-0.39, 0.29) is 23.1 Å². The molecule has 148 valence electrons. The predicted molar refractivity (Wildman–Crippen MR) is 102 cm³/mol. The lowest BCUT2D eigenvalue weighted by Gasteiger charge is -2.35. The van der Waals surface area contributed by atoms with Crippen molar-refractivity contribution in [2.45, 2.75) is 6.42 Å². The van der Waals surface area contributed by atoms with Crippen LogP contribution in [0.2, 0.25) is 0 Å². The average Bonchev–Trinajstić information content (AvgIpc) is 2.69. The fraction of sp³-hybridized carbons (Fsp3) is 0.263. The molecule has 0 saturated carbocycles. The summed E-state index contributed by atoms with van der Waals surface area (Å²) < 4.78 is 37.1. The molecule has 1 aliphatic rings. The van der Waals surface area contributed by atoms with Gasteiger partial charge in [0, 0.05) is 43.0 Å². The minimum absolute atomic E-state index is 0.00499. The van der Waals surface area contributed by atoms with E-state index >= 15 is 0 Å². The third-order valence-corrected chi connectivity index (χ3v) is 4.91. The van der Waals surface area contributed by atoms with Crippen LogP contribution in [0.1, 0.15) is 15.9 Å². The largest absolute Gasteiger partial charge is 0.755 e. The summed E-state index contributed by atoms with van der Waals surface area (Å²) in [6, 6.07) is 13.0. The van der Waals surface area contributed by atoms with Crippen LogP contribution in [-0.2, 0) is 22.5 Å². The minimum atomic E-state index is -2.64. The maximum Gasteiger partial charge on any atom is 0.254 e. The number of rotatable bonds is 5. The van der Waals surface area contributed by atoms with Gasteiger partial charge in [0.2, 0.25) is 5.91 Å². The van der Waals surface area contributed by atoms with Crippen LogP contribution in [0.3, 0.4) is 0 Å². The summed E-state index contributed by atoms with van der Waals surface area (Å²) in [6.07, 6.45) is 0.315. The van der Waals surface area contributed by atoms with Gasteiger partial charge in [-0.25, -0.2) is 4.39 Å². The van der Waals surface area contributed by atoms with Crippen LogP contribution >= 0.6 is 0 Å². The minimum Gasteiger partial charge on any atom is -0.755 e. The maximum atomic E-state index is 14.0. The van der Waals surface area contributed by atoms with Crippen LogP contribution in [-0.4, -0.2) is 56.6 Å². The summed E-state index contributed by atoms with van der Waals surface area (Å²) in [4.78, 5) is 28.2. The van der Waals surface area contributed by atoms with Gasteiger partial charge in [-0.15, -0.1) is 0 Å². The Labute approximate surface area is 164 Å². The van der Waals surface area contributed by atoms with E-state index in [4.69, 9.17) is 0 Å². The smallest absolute Gasteiger partial charge is 0.254 e. The first-order valence-corrected chi connectivity index (χ1v) is 9.78. The van der Waals surface area contributed by atoms with E-state index in [1.807, 2.05) is 35.1 Å². The Balaban J connectivity index is 1.57. The fourth-order valence-corrected chi connectivity index (χ4v) is 3.39. The van der Waals surface area contributed by atoms with Gasteiger partial charge < -0.3 is 19.1 Å². The Morgan fingerprint density at radius 2 is 1.68 bits per heavy atom. The molecule has 2 amide bonds. The molecule has 28 heavy (non-hydrogen) atoms. The van der Waals surface area contributed by atoms with Crippen LogP contribution in [0.25, 0.3) is 0 Å². The third-order valence-electron chi connectivity index (χ3n) is 4.53. The van der Waals surface area contributed by atoms with Gasteiger partial charge >= 0.3 is 0 Å². The van der Waals surface area contributed by atoms with Crippen LogP contribution in [0.4, 0.5) is 10.1 Å². The standard InChI is InChI=1S/C19H20FN3O4S/c20-16-13-15(6-7-17(16)21-28(26)27)19(25)23-10-8-22(9-11-23)18(24)12-14-4-2-1-3-5-14/h1-7,13,21H,8-12H2,(H,26,27)/p-1. The molecule has 9 heteroatoms. The number of anilines is 1. The Morgan fingerprint density at radius 1 is 1.04 bits per heavy atom. The van der Waals surface area contributed by atoms with Gasteiger partial charge in [0.15, 0.2) is 0 Å². The van der Waals surface area contributed by atoms with Gasteiger partial charge in [-0.1, -0.05) is 30.3 Å². The van der Waals surface area contributed by atoms with E-state index in [0.717, 1.165) is 11.6 Å². The Morgan fingerprint density at radius 3 is 2.29 bits per heavy atom. The molecule has 3 rings (SSSR count). The lowest BCUT2D eigenvalue weighted by atomic mass is 10.1. The van der Waals surface area contributed by atoms with Crippen molar-refractivity contribution in [3.8, 4) is 0 Å². The molecule has 7 nitrogen and oxygen atoms in total. The van der Waals surface area contributed by atoms with Gasteiger partial charge in [0.1, 0.15) is 5.82 Å². The molecule has 2 aromatic carbocycles. The molecule has 0 bridgehead atoms. The average molecular weight is 404 g/mol. The molecule has 2 aromatic rings. The van der Waals surface area contributed by atoms with Gasteiger partial charge in [-0.2, -0.15) is 0 Å². The van der Waals surface area contributed by atoms with Crippen molar-refractivity contribution in [1.82, 2.24) is 9.80 Å². The zero-order valence-electron chi connectivity index (χ0n) is 15.0. The van der Waals surface area contributed by atoms with E-state index in [9.17, 15) is 22.7 Å². The van der Waals surface area contributed by atoms with Crippen molar-refractivity contribution in [2.75, 3.05) is 30.9 Å². The van der Waals surface area contributed by atoms with Crippen molar-refractivity contribution in [1.29, 1.82) is 0 Å². The molecule has 1 heterocycles. The van der Waals surface area contributed by atoms with E-state index in [0.29, 0.717) is 32.6 Å². The Kier molecular flexibility index (Phi) is 6.37. The highest BCUT2D eigenvalue weighted by Crippen LogP contribution is 2.18. The van der Waals surface area contributed by atoms with Crippen molar-refractivity contribution in [3.05, 3.63) is 65.5 Å². The Bertz CT molecular complexity index is 886. The monoisotopic (exact) mass is 404 g/mol. The summed E-state index contributed by atoms with van der Waals surface area (Å²) in [5, 5.41) is 0. The second kappa shape index (κ2) is 8.94. The number of carbonyl (C=O) groups excluding carboxylic acids is 2. The number of benzene rings is 2. The van der Waals surface area contributed by atoms with E-state index in [1.165, 1.54) is 12.1 Å². The molecule has 1 atom stereocenters. The molecule has 1 N–H and O–H groups in total. The number of hydrogen-bond acceptors (Lipinski definition) is 4. The molecule has 0 spiro atoms. The number of amides is 2. The summed E-state index contributed by atoms with van der Waals surface area (Å²) in [5.74, 6) is -1.18. The number of piperazine rings is 1. The molecule has 0 aromatic heterocycles. The van der Waals surface area contributed by atoms with Gasteiger partial charge in [0.05, 0.1) is 12.1 Å². The lowest BCUT2D eigenvalue weighted by molar-refractivity contribution is -0.131. The summed E-state index contributed by atoms with van der Waals surface area (Å²) in [6.45, 7) is 1.53. The summed E-state index contributed by atoms with van der Waals surface area (Å²) in [7, 11) is 0. The van der Waals surface area contributed by atoms with Gasteiger partial charge in [-0.05, 0) is 23.8 Å². The van der Waals surface area contributed by atoms with Crippen LogP contribution in [0.5, 0.6) is 0 Å². The van der Waals surface area contributed by atoms with Crippen molar-refractivity contribution >= 4 is 28.8 Å². The first-order chi connectivity index (χ1) is 13.4. The zero-order chi connectivity index (χ0) is 20.1. The van der Waals surface area contributed by atoms with Crippen LogP contribution in [0, 0.1) is 5.82 Å². The molecular weight excluding hydrogens is 385 g/mol. The first-order valence-electron chi connectivity index (χ1n) is 8.70. The highest BCUT2D eigenvalue weighted by atomic mass is 32.2. The van der Waals surface area contributed by atoms with E-state index in [2.05, 4.69) is 0 Å². The lowest BCUT2D eigenvalue weighted by Crippen LogP contribution is -2.51. The molecule has 0 aliphatic carbocycles. The summed E-state index contributed by atoms with van der Waals surface area (Å²) in [5.41, 5.74) is 0.846. The number of hydrogen-bond donors (Lipinski definition) is 1. The first kappa shape index (κ1) is 20.0. The predicted octanol–water partition coefficient (Wildman–Crippen LogP) is 1.56. The van der Waals surface area contributed by atoms with Crippen molar-refractivity contribution in [2.24, 2.45) is 0 Å². The molecule has 0 radical (unpaired) electrons. The molecule has 1 fully saturated rings. The van der Waals surface area contributed by atoms with E-state index < -0.39 is 17.1 Å². The van der Waals surface area contributed by atoms with Crippen molar-refractivity contribution in [3.63, 3.8) is 0 Å². The normalized spacial score (nSPS) is 15.2. The van der Waals surface area contributed by atoms with Crippen LogP contribution in [0.15, 0.2) is 48.5 Å². The number of nitrogens with zero attached hydrogens (tertiary/aromatic N) is 2. The van der Waals surface area contributed by atoms with Gasteiger partial charge in [-0.3, -0.25) is 13.8 Å². The number of halogens is 1. The number of nitrogens with one attached hydrogen (secondary N) is 1.